The average molecular weight is 398 g/mol. The molecule has 2 aliphatic heterocycles. The molecule has 7 nitrogen and oxygen atoms in total. The van der Waals surface area contributed by atoms with Crippen LogP contribution in [0.2, 0.25) is 0 Å². The number of aromatic nitrogens is 1. The van der Waals surface area contributed by atoms with Gasteiger partial charge >= 0.3 is 6.18 Å². The van der Waals surface area contributed by atoms with Crippen LogP contribution in [0.25, 0.3) is 0 Å². The number of pyridine rings is 1. The average Bonchev–Trinajstić information content (AvgIpc) is 3.01. The second-order valence-electron chi connectivity index (χ2n) is 7.11. The van der Waals surface area contributed by atoms with Gasteiger partial charge in [-0.3, -0.25) is 19.4 Å². The van der Waals surface area contributed by atoms with Crippen molar-refractivity contribution < 1.29 is 27.6 Å². The van der Waals surface area contributed by atoms with Gasteiger partial charge < -0.3 is 15.1 Å². The molecule has 1 N–H and O–H groups in total. The van der Waals surface area contributed by atoms with Crippen LogP contribution in [0.5, 0.6) is 0 Å². The van der Waals surface area contributed by atoms with Crippen LogP contribution in [0.1, 0.15) is 29.6 Å². The molecule has 2 aliphatic rings. The van der Waals surface area contributed by atoms with Gasteiger partial charge in [-0.1, -0.05) is 0 Å². The van der Waals surface area contributed by atoms with E-state index in [1.165, 1.54) is 6.20 Å². The summed E-state index contributed by atoms with van der Waals surface area (Å²) in [6, 6.07) is 3.23. The van der Waals surface area contributed by atoms with Crippen LogP contribution in [0.4, 0.5) is 13.2 Å². The zero-order valence-electron chi connectivity index (χ0n) is 15.1. The highest BCUT2D eigenvalue weighted by molar-refractivity contribution is 5.94. The normalized spacial score (nSPS) is 21.1. The van der Waals surface area contributed by atoms with Crippen molar-refractivity contribution >= 4 is 17.7 Å². The van der Waals surface area contributed by atoms with Crippen LogP contribution >= 0.6 is 0 Å². The predicted molar refractivity (Wildman–Crippen MR) is 92.0 cm³/mol. The Bertz CT molecular complexity index is 733. The van der Waals surface area contributed by atoms with E-state index < -0.39 is 24.5 Å². The SMILES string of the molecule is O=C(NC1CCN(C(=O)C2CC(=O)N(CC(F)(F)F)C2)CC1)c1cccnc1. The maximum Gasteiger partial charge on any atom is 0.406 e. The summed E-state index contributed by atoms with van der Waals surface area (Å²) in [5.74, 6) is -1.91. The molecule has 3 amide bonds. The maximum atomic E-state index is 12.6. The molecule has 0 bridgehead atoms. The van der Waals surface area contributed by atoms with Crippen molar-refractivity contribution in [3.05, 3.63) is 30.1 Å². The molecule has 28 heavy (non-hydrogen) atoms. The number of hydrogen-bond donors (Lipinski definition) is 1. The van der Waals surface area contributed by atoms with Gasteiger partial charge in [0.1, 0.15) is 6.54 Å². The summed E-state index contributed by atoms with van der Waals surface area (Å²) in [5.41, 5.74) is 0.454. The molecule has 152 valence electrons. The molecule has 2 fully saturated rings. The minimum atomic E-state index is -4.47. The zero-order valence-corrected chi connectivity index (χ0v) is 15.1. The summed E-state index contributed by atoms with van der Waals surface area (Å²) in [6.45, 7) is -0.742. The lowest BCUT2D eigenvalue weighted by atomic mass is 10.0. The van der Waals surface area contributed by atoms with E-state index in [-0.39, 0.29) is 30.8 Å². The molecule has 1 unspecified atom stereocenters. The van der Waals surface area contributed by atoms with Crippen LogP contribution in [-0.4, -0.2) is 70.9 Å². The molecule has 1 atom stereocenters. The van der Waals surface area contributed by atoms with E-state index in [4.69, 9.17) is 0 Å². The van der Waals surface area contributed by atoms with E-state index in [1.54, 1.807) is 23.2 Å². The van der Waals surface area contributed by atoms with Crippen molar-refractivity contribution in [3.63, 3.8) is 0 Å². The Hall–Kier alpha value is -2.65. The van der Waals surface area contributed by atoms with E-state index >= 15 is 0 Å². The van der Waals surface area contributed by atoms with E-state index in [0.717, 1.165) is 0 Å². The van der Waals surface area contributed by atoms with Gasteiger partial charge in [0, 0.05) is 44.5 Å². The highest BCUT2D eigenvalue weighted by Crippen LogP contribution is 2.26. The number of carbonyl (C=O) groups excluding carboxylic acids is 3. The number of carbonyl (C=O) groups is 3. The van der Waals surface area contributed by atoms with Crippen molar-refractivity contribution in [1.82, 2.24) is 20.1 Å². The van der Waals surface area contributed by atoms with E-state index in [2.05, 4.69) is 10.3 Å². The second kappa shape index (κ2) is 8.15. The van der Waals surface area contributed by atoms with Crippen LogP contribution in [0.15, 0.2) is 24.5 Å². The molecule has 3 rings (SSSR count). The van der Waals surface area contributed by atoms with Crippen LogP contribution in [0, 0.1) is 5.92 Å². The summed E-state index contributed by atoms with van der Waals surface area (Å²) in [6.07, 6.45) is -0.525. The van der Waals surface area contributed by atoms with Gasteiger partial charge in [-0.05, 0) is 25.0 Å². The predicted octanol–water partition coefficient (Wildman–Crippen LogP) is 1.21. The lowest BCUT2D eigenvalue weighted by Gasteiger charge is -2.33. The number of halogens is 3. The smallest absolute Gasteiger partial charge is 0.349 e. The van der Waals surface area contributed by atoms with Gasteiger partial charge in [0.05, 0.1) is 11.5 Å². The molecular weight excluding hydrogens is 377 g/mol. The largest absolute Gasteiger partial charge is 0.406 e. The molecule has 0 aromatic carbocycles. The summed E-state index contributed by atoms with van der Waals surface area (Å²) in [4.78, 5) is 42.7. The molecule has 0 saturated carbocycles. The van der Waals surface area contributed by atoms with Gasteiger partial charge in [0.15, 0.2) is 0 Å². The number of hydrogen-bond acceptors (Lipinski definition) is 4. The fourth-order valence-corrected chi connectivity index (χ4v) is 3.58. The van der Waals surface area contributed by atoms with E-state index in [0.29, 0.717) is 36.4 Å². The summed E-state index contributed by atoms with van der Waals surface area (Å²) in [5, 5.41) is 2.90. The Morgan fingerprint density at radius 3 is 2.57 bits per heavy atom. The van der Waals surface area contributed by atoms with Gasteiger partial charge in [-0.2, -0.15) is 13.2 Å². The molecule has 0 radical (unpaired) electrons. The first kappa shape index (κ1) is 20.1. The minimum absolute atomic E-state index is 0.0938. The molecule has 3 heterocycles. The fourth-order valence-electron chi connectivity index (χ4n) is 3.58. The Morgan fingerprint density at radius 1 is 1.25 bits per heavy atom. The summed E-state index contributed by atoms with van der Waals surface area (Å²) >= 11 is 0. The number of amides is 3. The molecule has 1 aromatic rings. The quantitative estimate of drug-likeness (QED) is 0.827. The number of likely N-dealkylation sites (tertiary alicyclic amines) is 2. The van der Waals surface area contributed by atoms with Crippen molar-refractivity contribution in [2.45, 2.75) is 31.5 Å². The first-order valence-corrected chi connectivity index (χ1v) is 9.07. The van der Waals surface area contributed by atoms with Crippen molar-refractivity contribution in [1.29, 1.82) is 0 Å². The monoisotopic (exact) mass is 398 g/mol. The third-order valence-corrected chi connectivity index (χ3v) is 5.00. The lowest BCUT2D eigenvalue weighted by molar-refractivity contribution is -0.157. The second-order valence-corrected chi connectivity index (χ2v) is 7.11. The Kier molecular flexibility index (Phi) is 5.85. The zero-order chi connectivity index (χ0) is 20.3. The van der Waals surface area contributed by atoms with Crippen LogP contribution in [0.3, 0.4) is 0 Å². The van der Waals surface area contributed by atoms with Gasteiger partial charge in [-0.25, -0.2) is 0 Å². The van der Waals surface area contributed by atoms with Crippen molar-refractivity contribution in [2.75, 3.05) is 26.2 Å². The van der Waals surface area contributed by atoms with Crippen LogP contribution in [-0.2, 0) is 9.59 Å². The Labute approximate surface area is 159 Å². The molecule has 2 saturated heterocycles. The Morgan fingerprint density at radius 2 is 1.96 bits per heavy atom. The Balaban J connectivity index is 1.48. The van der Waals surface area contributed by atoms with E-state index in [9.17, 15) is 27.6 Å². The number of alkyl halides is 3. The van der Waals surface area contributed by atoms with Gasteiger partial charge in [-0.15, -0.1) is 0 Å². The summed E-state index contributed by atoms with van der Waals surface area (Å²) < 4.78 is 37.5. The molecular formula is C18H21F3N4O3. The minimum Gasteiger partial charge on any atom is -0.349 e. The fraction of sp³-hybridized carbons (Fsp3) is 0.556. The van der Waals surface area contributed by atoms with Gasteiger partial charge in [0.2, 0.25) is 11.8 Å². The van der Waals surface area contributed by atoms with Crippen LogP contribution < -0.4 is 5.32 Å². The van der Waals surface area contributed by atoms with Gasteiger partial charge in [0.25, 0.3) is 5.91 Å². The molecule has 0 spiro atoms. The maximum absolute atomic E-state index is 12.6. The summed E-state index contributed by atoms with van der Waals surface area (Å²) in [7, 11) is 0. The highest BCUT2D eigenvalue weighted by Gasteiger charge is 2.42. The topological polar surface area (TPSA) is 82.6 Å². The first-order chi connectivity index (χ1) is 13.2. The molecule has 1 aromatic heterocycles. The van der Waals surface area contributed by atoms with Crippen molar-refractivity contribution in [3.8, 4) is 0 Å². The number of piperidine rings is 1. The molecule has 0 aliphatic carbocycles. The highest BCUT2D eigenvalue weighted by atomic mass is 19.4. The number of rotatable bonds is 4. The third-order valence-electron chi connectivity index (χ3n) is 5.00. The third kappa shape index (κ3) is 4.99. The molecule has 10 heteroatoms. The van der Waals surface area contributed by atoms with E-state index in [1.807, 2.05) is 0 Å². The number of nitrogens with one attached hydrogen (secondary N) is 1. The lowest BCUT2D eigenvalue weighted by Crippen LogP contribution is -2.48. The van der Waals surface area contributed by atoms with Crippen molar-refractivity contribution in [2.24, 2.45) is 5.92 Å². The number of nitrogens with zero attached hydrogens (tertiary/aromatic N) is 3. The standard InChI is InChI=1S/C18H21F3N4O3/c19-18(20,21)11-25-10-13(8-15(25)26)17(28)24-6-3-14(4-7-24)23-16(27)12-2-1-5-22-9-12/h1-2,5,9,13-14H,3-4,6-8,10-11H2,(H,23,27). The first-order valence-electron chi connectivity index (χ1n) is 9.07.